The fraction of sp³-hybridized carbons (Fsp3) is 0.0588. The number of benzene rings is 2. The number of carbonyl (C=O) groups is 1. The molecule has 3 nitrogen and oxygen atoms in total. The third-order valence-corrected chi connectivity index (χ3v) is 3.72. The fourth-order valence-electron chi connectivity index (χ4n) is 2.28. The van der Waals surface area contributed by atoms with Gasteiger partial charge in [-0.3, -0.25) is 9.78 Å². The average molecular weight is 359 g/mol. The molecule has 2 aromatic carbocycles. The van der Waals surface area contributed by atoms with E-state index in [0.717, 1.165) is 10.8 Å². The molecule has 22 heavy (non-hydrogen) atoms. The number of hydrogen-bond donors (Lipinski definition) is 1. The monoisotopic (exact) mass is 358 g/mol. The van der Waals surface area contributed by atoms with E-state index in [2.05, 4.69) is 26.2 Å². The molecule has 0 saturated heterocycles. The van der Waals surface area contributed by atoms with E-state index >= 15 is 0 Å². The van der Waals surface area contributed by atoms with Gasteiger partial charge in [-0.15, -0.1) is 0 Å². The van der Waals surface area contributed by atoms with Gasteiger partial charge in [0.2, 0.25) is 0 Å². The van der Waals surface area contributed by atoms with E-state index in [4.69, 9.17) is 0 Å². The molecule has 1 N–H and O–H groups in total. The van der Waals surface area contributed by atoms with Crippen molar-refractivity contribution in [3.05, 3.63) is 76.3 Å². The molecule has 0 unspecified atom stereocenters. The van der Waals surface area contributed by atoms with Gasteiger partial charge < -0.3 is 5.32 Å². The van der Waals surface area contributed by atoms with Gasteiger partial charge in [0.1, 0.15) is 11.5 Å². The summed E-state index contributed by atoms with van der Waals surface area (Å²) in [5, 5.41) is 4.52. The number of halogens is 2. The molecule has 0 aliphatic heterocycles. The molecule has 5 heteroatoms. The van der Waals surface area contributed by atoms with Gasteiger partial charge in [-0.2, -0.15) is 0 Å². The summed E-state index contributed by atoms with van der Waals surface area (Å²) < 4.78 is 14.0. The number of nitrogens with one attached hydrogen (secondary N) is 1. The highest BCUT2D eigenvalue weighted by atomic mass is 79.9. The van der Waals surface area contributed by atoms with Crippen LogP contribution in [0.3, 0.4) is 0 Å². The molecule has 0 bridgehead atoms. The lowest BCUT2D eigenvalue weighted by atomic mass is 10.1. The summed E-state index contributed by atoms with van der Waals surface area (Å²) in [4.78, 5) is 16.5. The number of nitrogens with zero attached hydrogens (tertiary/aromatic N) is 1. The molecule has 110 valence electrons. The summed E-state index contributed by atoms with van der Waals surface area (Å²) in [6, 6.07) is 13.9. The van der Waals surface area contributed by atoms with Crippen LogP contribution in [-0.4, -0.2) is 10.9 Å². The molecule has 3 aromatic rings. The SMILES string of the molecule is O=C(NCc1cc(F)cc(Br)c1)c1nccc2ccccc12. The summed E-state index contributed by atoms with van der Waals surface area (Å²) in [5.41, 5.74) is 1.05. The quantitative estimate of drug-likeness (QED) is 0.766. The van der Waals surface area contributed by atoms with Crippen LogP contribution in [-0.2, 0) is 6.54 Å². The lowest BCUT2D eigenvalue weighted by Gasteiger charge is -2.08. The Morgan fingerprint density at radius 3 is 2.82 bits per heavy atom. The van der Waals surface area contributed by atoms with Gasteiger partial charge >= 0.3 is 0 Å². The van der Waals surface area contributed by atoms with E-state index in [1.165, 1.54) is 12.1 Å². The van der Waals surface area contributed by atoms with Gasteiger partial charge in [-0.05, 0) is 35.2 Å². The molecule has 0 aliphatic rings. The number of carbonyl (C=O) groups excluding carboxylic acids is 1. The smallest absolute Gasteiger partial charge is 0.270 e. The molecule has 3 rings (SSSR count). The zero-order valence-electron chi connectivity index (χ0n) is 11.5. The number of aromatic nitrogens is 1. The van der Waals surface area contributed by atoms with E-state index < -0.39 is 0 Å². The van der Waals surface area contributed by atoms with Crippen LogP contribution in [0.5, 0.6) is 0 Å². The predicted molar refractivity (Wildman–Crippen MR) is 87.0 cm³/mol. The van der Waals surface area contributed by atoms with Crippen molar-refractivity contribution in [3.8, 4) is 0 Å². The first-order valence-corrected chi connectivity index (χ1v) is 7.50. The first-order valence-electron chi connectivity index (χ1n) is 6.70. The van der Waals surface area contributed by atoms with Gasteiger partial charge in [0.25, 0.3) is 5.91 Å². The number of pyridine rings is 1. The average Bonchev–Trinajstić information content (AvgIpc) is 2.51. The molecular weight excluding hydrogens is 347 g/mol. The molecule has 0 aliphatic carbocycles. The highest BCUT2D eigenvalue weighted by molar-refractivity contribution is 9.10. The highest BCUT2D eigenvalue weighted by Crippen LogP contribution is 2.17. The van der Waals surface area contributed by atoms with E-state index in [1.807, 2.05) is 30.3 Å². The lowest BCUT2D eigenvalue weighted by molar-refractivity contribution is 0.0947. The van der Waals surface area contributed by atoms with Crippen molar-refractivity contribution in [2.24, 2.45) is 0 Å². The Balaban J connectivity index is 1.82. The third-order valence-electron chi connectivity index (χ3n) is 3.26. The second-order valence-electron chi connectivity index (χ2n) is 4.84. The maximum Gasteiger partial charge on any atom is 0.270 e. The Hall–Kier alpha value is -2.27. The molecule has 1 amide bonds. The van der Waals surface area contributed by atoms with Gasteiger partial charge in [0.05, 0.1) is 0 Å². The van der Waals surface area contributed by atoms with Crippen molar-refractivity contribution in [2.45, 2.75) is 6.54 Å². The van der Waals surface area contributed by atoms with Crippen LogP contribution in [0, 0.1) is 5.82 Å². The van der Waals surface area contributed by atoms with Crippen molar-refractivity contribution in [1.82, 2.24) is 10.3 Å². The Bertz CT molecular complexity index is 825. The normalized spacial score (nSPS) is 10.6. The molecule has 1 heterocycles. The van der Waals surface area contributed by atoms with Crippen LogP contribution >= 0.6 is 15.9 Å². The fourth-order valence-corrected chi connectivity index (χ4v) is 2.79. The Kier molecular flexibility index (Phi) is 4.15. The van der Waals surface area contributed by atoms with Crippen LogP contribution < -0.4 is 5.32 Å². The van der Waals surface area contributed by atoms with Crippen molar-refractivity contribution in [1.29, 1.82) is 0 Å². The zero-order chi connectivity index (χ0) is 15.5. The van der Waals surface area contributed by atoms with E-state index in [1.54, 1.807) is 12.3 Å². The van der Waals surface area contributed by atoms with Crippen molar-refractivity contribution >= 4 is 32.6 Å². The minimum Gasteiger partial charge on any atom is -0.347 e. The number of hydrogen-bond acceptors (Lipinski definition) is 2. The number of fused-ring (bicyclic) bond motifs is 1. The summed E-state index contributed by atoms with van der Waals surface area (Å²) in [7, 11) is 0. The topological polar surface area (TPSA) is 42.0 Å². The molecule has 1 aromatic heterocycles. The Morgan fingerprint density at radius 1 is 1.18 bits per heavy atom. The third kappa shape index (κ3) is 3.14. The van der Waals surface area contributed by atoms with Gasteiger partial charge in [-0.1, -0.05) is 40.2 Å². The second-order valence-corrected chi connectivity index (χ2v) is 5.76. The number of rotatable bonds is 3. The van der Waals surface area contributed by atoms with Crippen LogP contribution in [0.15, 0.2) is 59.2 Å². The Morgan fingerprint density at radius 2 is 2.00 bits per heavy atom. The Labute approximate surface area is 135 Å². The van der Waals surface area contributed by atoms with Crippen LogP contribution in [0.4, 0.5) is 4.39 Å². The van der Waals surface area contributed by atoms with Gasteiger partial charge in [0, 0.05) is 22.6 Å². The van der Waals surface area contributed by atoms with Crippen LogP contribution in [0.25, 0.3) is 10.8 Å². The van der Waals surface area contributed by atoms with E-state index in [-0.39, 0.29) is 18.3 Å². The maximum absolute atomic E-state index is 13.3. The summed E-state index contributed by atoms with van der Waals surface area (Å²) >= 11 is 3.23. The van der Waals surface area contributed by atoms with Crippen molar-refractivity contribution in [3.63, 3.8) is 0 Å². The zero-order valence-corrected chi connectivity index (χ0v) is 13.1. The number of amides is 1. The van der Waals surface area contributed by atoms with Crippen molar-refractivity contribution < 1.29 is 9.18 Å². The highest BCUT2D eigenvalue weighted by Gasteiger charge is 2.11. The molecule has 0 saturated carbocycles. The van der Waals surface area contributed by atoms with Gasteiger partial charge in [0.15, 0.2) is 0 Å². The largest absolute Gasteiger partial charge is 0.347 e. The first kappa shape index (κ1) is 14.7. The molecule has 0 radical (unpaired) electrons. The summed E-state index contributed by atoms with van der Waals surface area (Å²) in [6.45, 7) is 0.236. The second kappa shape index (κ2) is 6.23. The molecule has 0 atom stereocenters. The van der Waals surface area contributed by atoms with Crippen LogP contribution in [0.1, 0.15) is 16.1 Å². The maximum atomic E-state index is 13.3. The van der Waals surface area contributed by atoms with Crippen LogP contribution in [0.2, 0.25) is 0 Å². The summed E-state index contributed by atoms with van der Waals surface area (Å²) in [5.74, 6) is -0.626. The predicted octanol–water partition coefficient (Wildman–Crippen LogP) is 4.07. The molecule has 0 fully saturated rings. The standard InChI is InChI=1S/C17H12BrFN2O/c18-13-7-11(8-14(19)9-13)10-21-17(22)16-15-4-2-1-3-12(15)5-6-20-16/h1-9H,10H2,(H,21,22). The van der Waals surface area contributed by atoms with E-state index in [9.17, 15) is 9.18 Å². The van der Waals surface area contributed by atoms with Crippen molar-refractivity contribution in [2.75, 3.05) is 0 Å². The molecular formula is C17H12BrFN2O. The molecule has 0 spiro atoms. The van der Waals surface area contributed by atoms with Gasteiger partial charge in [-0.25, -0.2) is 4.39 Å². The lowest BCUT2D eigenvalue weighted by Crippen LogP contribution is -2.24. The minimum absolute atomic E-state index is 0.236. The summed E-state index contributed by atoms with van der Waals surface area (Å²) in [6.07, 6.45) is 1.61. The minimum atomic E-state index is -0.345. The first-order chi connectivity index (χ1) is 10.6. The van der Waals surface area contributed by atoms with E-state index in [0.29, 0.717) is 15.7 Å².